The maximum Gasteiger partial charge on any atom is 0.122 e. The van der Waals surface area contributed by atoms with E-state index in [1.807, 2.05) is 32.9 Å². The number of nitrogens with two attached hydrogens (primary N) is 1. The van der Waals surface area contributed by atoms with Crippen molar-refractivity contribution in [2.45, 2.75) is 20.8 Å². The molecule has 1 aromatic rings. The predicted octanol–water partition coefficient (Wildman–Crippen LogP) is 2.29. The van der Waals surface area contributed by atoms with Crippen molar-refractivity contribution in [3.63, 3.8) is 0 Å². The van der Waals surface area contributed by atoms with Crippen molar-refractivity contribution in [2.24, 2.45) is 5.73 Å². The van der Waals surface area contributed by atoms with E-state index in [-0.39, 0.29) is 0 Å². The first kappa shape index (κ1) is 13.8. The molecule has 0 radical (unpaired) electrons. The molecule has 0 unspecified atom stereocenters. The van der Waals surface area contributed by atoms with Crippen LogP contribution in [0.15, 0.2) is 12.1 Å². The molecular weight excluding hydrogens is 190 g/mol. The van der Waals surface area contributed by atoms with Crippen molar-refractivity contribution < 1.29 is 9.47 Å². The maximum atomic E-state index is 5.17. The van der Waals surface area contributed by atoms with Gasteiger partial charge in [-0.2, -0.15) is 0 Å². The molecule has 0 heterocycles. The van der Waals surface area contributed by atoms with Crippen LogP contribution in [0, 0.1) is 13.8 Å². The molecule has 0 fully saturated rings. The molecule has 0 aliphatic rings. The Morgan fingerprint density at radius 2 is 1.27 bits per heavy atom. The number of benzene rings is 1. The van der Waals surface area contributed by atoms with E-state index in [4.69, 9.17) is 15.2 Å². The number of ether oxygens (including phenoxy) is 2. The Labute approximate surface area is 92.2 Å². The molecule has 0 aliphatic carbocycles. The summed E-state index contributed by atoms with van der Waals surface area (Å²) in [6, 6.07) is 3.96. The summed E-state index contributed by atoms with van der Waals surface area (Å²) in [5.74, 6) is 1.82. The van der Waals surface area contributed by atoms with Crippen LogP contribution < -0.4 is 15.2 Å². The second-order valence-electron chi connectivity index (χ2n) is 3.20. The van der Waals surface area contributed by atoms with Crippen LogP contribution in [-0.4, -0.2) is 20.8 Å². The molecular formula is C12H21NO2. The number of methoxy groups -OCH3 is 2. The number of rotatable bonds is 2. The van der Waals surface area contributed by atoms with Crippen LogP contribution >= 0.6 is 0 Å². The minimum atomic E-state index is 0.750. The molecule has 0 amide bonds. The summed E-state index contributed by atoms with van der Waals surface area (Å²) < 4.78 is 10.3. The molecule has 3 nitrogen and oxygen atoms in total. The number of aryl methyl sites for hydroxylation is 2. The van der Waals surface area contributed by atoms with Crippen LogP contribution in [0.3, 0.4) is 0 Å². The van der Waals surface area contributed by atoms with Gasteiger partial charge in [-0.3, -0.25) is 0 Å². The topological polar surface area (TPSA) is 44.5 Å². The van der Waals surface area contributed by atoms with Gasteiger partial charge in [0.2, 0.25) is 0 Å². The van der Waals surface area contributed by atoms with Crippen molar-refractivity contribution in [1.29, 1.82) is 0 Å². The lowest BCUT2D eigenvalue weighted by Crippen LogP contribution is -1.92. The summed E-state index contributed by atoms with van der Waals surface area (Å²) in [6.45, 7) is 6.65. The fourth-order valence-electron chi connectivity index (χ4n) is 1.20. The van der Waals surface area contributed by atoms with Crippen LogP contribution in [0.4, 0.5) is 0 Å². The van der Waals surface area contributed by atoms with E-state index in [9.17, 15) is 0 Å². The van der Waals surface area contributed by atoms with E-state index in [0.29, 0.717) is 0 Å². The Kier molecular flexibility index (Phi) is 6.54. The predicted molar refractivity (Wildman–Crippen MR) is 63.7 cm³/mol. The quantitative estimate of drug-likeness (QED) is 0.816. The van der Waals surface area contributed by atoms with Gasteiger partial charge >= 0.3 is 0 Å². The molecule has 3 heteroatoms. The molecule has 0 spiro atoms. The third-order valence-corrected chi connectivity index (χ3v) is 1.91. The minimum Gasteiger partial charge on any atom is -0.496 e. The smallest absolute Gasteiger partial charge is 0.122 e. The van der Waals surface area contributed by atoms with Gasteiger partial charge in [0.25, 0.3) is 0 Å². The summed E-state index contributed by atoms with van der Waals surface area (Å²) in [4.78, 5) is 0. The van der Waals surface area contributed by atoms with E-state index in [1.165, 1.54) is 0 Å². The van der Waals surface area contributed by atoms with E-state index in [2.05, 4.69) is 0 Å². The summed E-state index contributed by atoms with van der Waals surface area (Å²) in [5, 5.41) is 0. The van der Waals surface area contributed by atoms with Crippen molar-refractivity contribution >= 4 is 0 Å². The fourth-order valence-corrected chi connectivity index (χ4v) is 1.20. The van der Waals surface area contributed by atoms with Crippen molar-refractivity contribution in [2.75, 3.05) is 20.8 Å². The SMILES string of the molecule is CCN.COc1cc(C)c(OC)cc1C. The van der Waals surface area contributed by atoms with Crippen LogP contribution in [0.5, 0.6) is 11.5 Å². The summed E-state index contributed by atoms with van der Waals surface area (Å²) in [5.41, 5.74) is 7.04. The minimum absolute atomic E-state index is 0.750. The van der Waals surface area contributed by atoms with Gasteiger partial charge in [0.1, 0.15) is 11.5 Å². The highest BCUT2D eigenvalue weighted by atomic mass is 16.5. The molecule has 2 N–H and O–H groups in total. The van der Waals surface area contributed by atoms with Gasteiger partial charge in [0, 0.05) is 0 Å². The Bertz CT molecular complexity index is 268. The van der Waals surface area contributed by atoms with Gasteiger partial charge in [-0.25, -0.2) is 0 Å². The average Bonchev–Trinajstić information content (AvgIpc) is 2.22. The fraction of sp³-hybridized carbons (Fsp3) is 0.500. The van der Waals surface area contributed by atoms with Crippen molar-refractivity contribution in [1.82, 2.24) is 0 Å². The molecule has 0 saturated heterocycles. The second-order valence-corrected chi connectivity index (χ2v) is 3.20. The third kappa shape index (κ3) is 4.21. The lowest BCUT2D eigenvalue weighted by molar-refractivity contribution is 0.398. The average molecular weight is 211 g/mol. The Morgan fingerprint density at radius 1 is 1.00 bits per heavy atom. The molecule has 0 saturated carbocycles. The van der Waals surface area contributed by atoms with E-state index in [1.54, 1.807) is 14.2 Å². The number of hydrogen-bond acceptors (Lipinski definition) is 3. The summed E-state index contributed by atoms with van der Waals surface area (Å²) in [6.07, 6.45) is 0. The van der Waals surface area contributed by atoms with Crippen molar-refractivity contribution in [3.8, 4) is 11.5 Å². The Hall–Kier alpha value is -1.22. The molecule has 0 bridgehead atoms. The molecule has 0 aliphatic heterocycles. The van der Waals surface area contributed by atoms with Crippen molar-refractivity contribution in [3.05, 3.63) is 23.3 Å². The first-order valence-electron chi connectivity index (χ1n) is 4.99. The summed E-state index contributed by atoms with van der Waals surface area (Å²) >= 11 is 0. The Morgan fingerprint density at radius 3 is 1.47 bits per heavy atom. The zero-order valence-corrected chi connectivity index (χ0v) is 10.3. The van der Waals surface area contributed by atoms with Gasteiger partial charge in [0.15, 0.2) is 0 Å². The maximum absolute atomic E-state index is 5.17. The zero-order valence-electron chi connectivity index (χ0n) is 10.3. The third-order valence-electron chi connectivity index (χ3n) is 1.91. The Balaban J connectivity index is 0.000000583. The highest BCUT2D eigenvalue weighted by molar-refractivity contribution is 5.45. The van der Waals surface area contributed by atoms with E-state index < -0.39 is 0 Å². The monoisotopic (exact) mass is 211 g/mol. The largest absolute Gasteiger partial charge is 0.496 e. The first-order chi connectivity index (χ1) is 7.10. The molecule has 0 atom stereocenters. The van der Waals surface area contributed by atoms with Gasteiger partial charge in [0.05, 0.1) is 14.2 Å². The van der Waals surface area contributed by atoms with Crippen LogP contribution in [0.25, 0.3) is 0 Å². The van der Waals surface area contributed by atoms with E-state index in [0.717, 1.165) is 29.2 Å². The van der Waals surface area contributed by atoms with Gasteiger partial charge < -0.3 is 15.2 Å². The van der Waals surface area contributed by atoms with Crippen LogP contribution in [0.2, 0.25) is 0 Å². The molecule has 86 valence electrons. The van der Waals surface area contributed by atoms with Gasteiger partial charge in [-0.05, 0) is 43.7 Å². The standard InChI is InChI=1S/C10H14O2.C2H7N/c1-7-5-10(12-4)8(2)6-9(7)11-3;1-2-3/h5-6H,1-4H3;2-3H2,1H3. The zero-order chi connectivity index (χ0) is 11.8. The highest BCUT2D eigenvalue weighted by Gasteiger charge is 2.03. The van der Waals surface area contributed by atoms with Gasteiger partial charge in [-0.1, -0.05) is 6.92 Å². The van der Waals surface area contributed by atoms with Gasteiger partial charge in [-0.15, -0.1) is 0 Å². The lowest BCUT2D eigenvalue weighted by atomic mass is 10.1. The van der Waals surface area contributed by atoms with Crippen LogP contribution in [-0.2, 0) is 0 Å². The highest BCUT2D eigenvalue weighted by Crippen LogP contribution is 2.26. The van der Waals surface area contributed by atoms with E-state index >= 15 is 0 Å². The molecule has 1 rings (SSSR count). The molecule has 1 aromatic carbocycles. The second kappa shape index (κ2) is 7.12. The van der Waals surface area contributed by atoms with Crippen LogP contribution in [0.1, 0.15) is 18.1 Å². The summed E-state index contributed by atoms with van der Waals surface area (Å²) in [7, 11) is 3.35. The molecule has 0 aromatic heterocycles. The number of hydrogen-bond donors (Lipinski definition) is 1. The molecule has 15 heavy (non-hydrogen) atoms. The first-order valence-corrected chi connectivity index (χ1v) is 4.99. The lowest BCUT2D eigenvalue weighted by Gasteiger charge is -2.09. The normalized spacial score (nSPS) is 8.93.